The van der Waals surface area contributed by atoms with Crippen molar-refractivity contribution < 1.29 is 4.42 Å². The van der Waals surface area contributed by atoms with Crippen molar-refractivity contribution in [1.82, 2.24) is 14.5 Å². The topological polar surface area (TPSA) is 43.9 Å². The van der Waals surface area contributed by atoms with Crippen molar-refractivity contribution in [2.75, 3.05) is 0 Å². The van der Waals surface area contributed by atoms with Crippen LogP contribution in [-0.2, 0) is 0 Å². The first-order valence-electron chi connectivity index (χ1n) is 19.4. The molecule has 0 aliphatic carbocycles. The van der Waals surface area contributed by atoms with E-state index in [0.717, 1.165) is 72.4 Å². The van der Waals surface area contributed by atoms with Crippen LogP contribution in [0, 0.1) is 0 Å². The van der Waals surface area contributed by atoms with Crippen LogP contribution in [0.1, 0.15) is 0 Å². The normalized spacial score (nSPS) is 13.1. The van der Waals surface area contributed by atoms with Gasteiger partial charge in [0.2, 0.25) is 0 Å². The number of benzene rings is 8. The number of para-hydroxylation sites is 2. The molecular weight excluding hydrogens is 755 g/mol. The van der Waals surface area contributed by atoms with E-state index in [1.165, 1.54) is 28.5 Å². The Morgan fingerprint density at radius 2 is 1.05 bits per heavy atom. The standard InChI is InChI=1S/C52H33GeN3O/c1-4-16-35(17-5-1)52-54-49(48-50(55-52)41-23-10-13-25-43(41)53(48,36-18-6-2-7-19-36)37-20-8-3-9-21-37)34-28-30-38(31-29-34)56-44-26-14-11-24-42(44)47-45(56)33-32-40-39-22-12-15-27-46(39)57-51(40)47/h1-33H. The van der Waals surface area contributed by atoms with Gasteiger partial charge in [-0.3, -0.25) is 0 Å². The first-order chi connectivity index (χ1) is 28.3. The molecule has 0 amide bonds. The summed E-state index contributed by atoms with van der Waals surface area (Å²) in [6.45, 7) is 0. The quantitative estimate of drug-likeness (QED) is 0.163. The SMILES string of the molecule is c1ccc(-c2nc(-c3ccc(-n4c5ccccc5c5c6oc7ccccc7c6ccc54)cc3)[c]3c(n2)-c2cccc[c]2[Ge]3([c]2ccccc2)[c]2ccccc2)cc1. The minimum absolute atomic E-state index is 0.736. The van der Waals surface area contributed by atoms with E-state index in [1.807, 2.05) is 12.1 Å². The molecular formula is C52H33GeN3O. The van der Waals surface area contributed by atoms with E-state index in [2.05, 4.69) is 193 Å². The van der Waals surface area contributed by atoms with Crippen LogP contribution in [0.2, 0.25) is 0 Å². The van der Waals surface area contributed by atoms with Gasteiger partial charge < -0.3 is 0 Å². The molecule has 3 aromatic heterocycles. The first-order valence-corrected chi connectivity index (χ1v) is 23.6. The third-order valence-electron chi connectivity index (χ3n) is 11.9. The summed E-state index contributed by atoms with van der Waals surface area (Å²) in [5, 5.41) is 4.57. The average Bonchev–Trinajstić information content (AvgIpc) is 3.94. The summed E-state index contributed by atoms with van der Waals surface area (Å²) in [6, 6.07) is 72.1. The molecule has 4 heterocycles. The number of hydrogen-bond donors (Lipinski definition) is 0. The van der Waals surface area contributed by atoms with Crippen LogP contribution < -0.4 is 17.6 Å². The fraction of sp³-hybridized carbons (Fsp3) is 0. The molecule has 8 aromatic carbocycles. The average molecular weight is 788 g/mol. The summed E-state index contributed by atoms with van der Waals surface area (Å²) in [5.41, 5.74) is 10.5. The van der Waals surface area contributed by atoms with Crippen LogP contribution >= 0.6 is 0 Å². The molecule has 0 unspecified atom stereocenters. The Morgan fingerprint density at radius 1 is 0.439 bits per heavy atom. The van der Waals surface area contributed by atoms with Crippen LogP contribution in [-0.4, -0.2) is 27.8 Å². The van der Waals surface area contributed by atoms with Gasteiger partial charge in [-0.1, -0.05) is 18.2 Å². The summed E-state index contributed by atoms with van der Waals surface area (Å²) >= 11 is -3.68. The maximum atomic E-state index is 6.59. The van der Waals surface area contributed by atoms with Crippen molar-refractivity contribution in [2.24, 2.45) is 0 Å². The minimum atomic E-state index is -3.68. The van der Waals surface area contributed by atoms with Crippen molar-refractivity contribution in [3.05, 3.63) is 200 Å². The molecule has 266 valence electrons. The van der Waals surface area contributed by atoms with E-state index in [0.29, 0.717) is 0 Å². The van der Waals surface area contributed by atoms with Crippen molar-refractivity contribution in [3.8, 4) is 39.6 Å². The van der Waals surface area contributed by atoms with Gasteiger partial charge in [-0.25, -0.2) is 0 Å². The zero-order valence-electron chi connectivity index (χ0n) is 30.8. The number of fused-ring (bicyclic) bond motifs is 10. The Morgan fingerprint density at radius 3 is 1.81 bits per heavy atom. The Kier molecular flexibility index (Phi) is 7.07. The molecule has 57 heavy (non-hydrogen) atoms. The predicted molar refractivity (Wildman–Crippen MR) is 237 cm³/mol. The molecule has 0 radical (unpaired) electrons. The molecule has 0 fully saturated rings. The molecule has 1 aliphatic heterocycles. The van der Waals surface area contributed by atoms with Gasteiger partial charge in [-0.15, -0.1) is 0 Å². The molecule has 11 aromatic rings. The maximum absolute atomic E-state index is 6.59. The predicted octanol–water partition coefficient (Wildman–Crippen LogP) is 10.2. The van der Waals surface area contributed by atoms with Gasteiger partial charge in [-0.05, 0) is 6.07 Å². The van der Waals surface area contributed by atoms with Gasteiger partial charge in [0.1, 0.15) is 0 Å². The van der Waals surface area contributed by atoms with E-state index >= 15 is 0 Å². The molecule has 0 saturated carbocycles. The number of nitrogens with zero attached hydrogens (tertiary/aromatic N) is 3. The molecule has 1 aliphatic rings. The summed E-state index contributed by atoms with van der Waals surface area (Å²) < 4.78 is 14.4. The van der Waals surface area contributed by atoms with Crippen LogP contribution in [0.15, 0.2) is 205 Å². The molecule has 0 bridgehead atoms. The molecule has 0 atom stereocenters. The Balaban J connectivity index is 1.13. The number of furan rings is 1. The van der Waals surface area contributed by atoms with Crippen LogP contribution in [0.5, 0.6) is 0 Å². The third kappa shape index (κ3) is 4.62. The van der Waals surface area contributed by atoms with Gasteiger partial charge in [0.25, 0.3) is 0 Å². The molecule has 12 rings (SSSR count). The first kappa shape index (κ1) is 32.2. The van der Waals surface area contributed by atoms with Gasteiger partial charge in [0, 0.05) is 0 Å². The molecule has 0 N–H and O–H groups in total. The summed E-state index contributed by atoms with van der Waals surface area (Å²) in [7, 11) is 0. The van der Waals surface area contributed by atoms with Gasteiger partial charge in [0.05, 0.1) is 0 Å². The number of hydrogen-bond acceptors (Lipinski definition) is 3. The van der Waals surface area contributed by atoms with Crippen LogP contribution in [0.25, 0.3) is 83.3 Å². The fourth-order valence-electron chi connectivity index (χ4n) is 9.51. The zero-order valence-corrected chi connectivity index (χ0v) is 32.9. The summed E-state index contributed by atoms with van der Waals surface area (Å²) in [6.07, 6.45) is 0. The van der Waals surface area contributed by atoms with Gasteiger partial charge in [0.15, 0.2) is 0 Å². The second-order valence-corrected chi connectivity index (χ2v) is 22.6. The second kappa shape index (κ2) is 12.5. The van der Waals surface area contributed by atoms with E-state index in [1.54, 1.807) is 0 Å². The van der Waals surface area contributed by atoms with E-state index in [-0.39, 0.29) is 0 Å². The molecule has 0 saturated heterocycles. The zero-order chi connectivity index (χ0) is 37.5. The van der Waals surface area contributed by atoms with Crippen LogP contribution in [0.3, 0.4) is 0 Å². The number of aromatic nitrogens is 3. The van der Waals surface area contributed by atoms with Gasteiger partial charge in [-0.2, -0.15) is 0 Å². The van der Waals surface area contributed by atoms with E-state index < -0.39 is 13.3 Å². The summed E-state index contributed by atoms with van der Waals surface area (Å²) in [5.74, 6) is 0.736. The summed E-state index contributed by atoms with van der Waals surface area (Å²) in [4.78, 5) is 11.1. The molecule has 4 nitrogen and oxygen atoms in total. The van der Waals surface area contributed by atoms with E-state index in [9.17, 15) is 0 Å². The van der Waals surface area contributed by atoms with Gasteiger partial charge >= 0.3 is 309 Å². The van der Waals surface area contributed by atoms with E-state index in [4.69, 9.17) is 14.4 Å². The monoisotopic (exact) mass is 789 g/mol. The second-order valence-electron chi connectivity index (χ2n) is 14.8. The molecule has 0 spiro atoms. The van der Waals surface area contributed by atoms with Crippen molar-refractivity contribution in [1.29, 1.82) is 0 Å². The van der Waals surface area contributed by atoms with Crippen molar-refractivity contribution in [3.63, 3.8) is 0 Å². The van der Waals surface area contributed by atoms with Crippen molar-refractivity contribution in [2.45, 2.75) is 0 Å². The van der Waals surface area contributed by atoms with Crippen LogP contribution in [0.4, 0.5) is 0 Å². The van der Waals surface area contributed by atoms with Crippen molar-refractivity contribution >= 4 is 74.6 Å². The Bertz CT molecular complexity index is 3300. The fourth-order valence-corrected chi connectivity index (χ4v) is 20.5. The number of rotatable bonds is 5. The Hall–Kier alpha value is -7.02. The Labute approximate surface area is 331 Å². The third-order valence-corrected chi connectivity index (χ3v) is 22.1. The molecule has 5 heteroatoms.